The minimum atomic E-state index is -0.719. The van der Waals surface area contributed by atoms with E-state index in [0.29, 0.717) is 6.54 Å². The Kier molecular flexibility index (Phi) is 4.93. The molecule has 1 aromatic heterocycles. The first-order chi connectivity index (χ1) is 8.57. The molecule has 0 saturated carbocycles. The highest BCUT2D eigenvalue weighted by molar-refractivity contribution is 5.38. The molecule has 0 radical (unpaired) electrons. The maximum Gasteiger partial charge on any atom is 0.128 e. The van der Waals surface area contributed by atoms with Crippen LogP contribution in [0.5, 0.6) is 0 Å². The Balaban J connectivity index is 2.61. The van der Waals surface area contributed by atoms with Crippen molar-refractivity contribution in [1.82, 2.24) is 10.3 Å². The van der Waals surface area contributed by atoms with E-state index >= 15 is 0 Å². The topological polar surface area (TPSA) is 48.4 Å². The van der Waals surface area contributed by atoms with Gasteiger partial charge in [0.15, 0.2) is 0 Å². The molecule has 0 saturated heterocycles. The van der Waals surface area contributed by atoms with Crippen molar-refractivity contribution >= 4 is 5.82 Å². The van der Waals surface area contributed by atoms with Gasteiger partial charge in [-0.3, -0.25) is 0 Å². The molecular weight excluding hydrogens is 238 g/mol. The van der Waals surface area contributed by atoms with Gasteiger partial charge in [0, 0.05) is 31.9 Å². The number of hydrogen-bond acceptors (Lipinski definition) is 4. The maximum atomic E-state index is 9.80. The molecule has 0 spiro atoms. The molecule has 0 unspecified atom stereocenters. The van der Waals surface area contributed by atoms with E-state index < -0.39 is 5.60 Å². The minimum Gasteiger partial charge on any atom is -0.389 e. The predicted molar refractivity (Wildman–Crippen MR) is 80.4 cm³/mol. The molecule has 0 aromatic carbocycles. The smallest absolute Gasteiger partial charge is 0.128 e. The molecule has 0 amide bonds. The molecule has 0 atom stereocenters. The quantitative estimate of drug-likeness (QED) is 0.856. The van der Waals surface area contributed by atoms with Crippen LogP contribution in [0.3, 0.4) is 0 Å². The summed E-state index contributed by atoms with van der Waals surface area (Å²) in [4.78, 5) is 6.40. The zero-order valence-corrected chi connectivity index (χ0v) is 13.0. The van der Waals surface area contributed by atoms with E-state index in [0.717, 1.165) is 17.9 Å². The molecule has 19 heavy (non-hydrogen) atoms. The third kappa shape index (κ3) is 6.55. The van der Waals surface area contributed by atoms with Gasteiger partial charge in [-0.2, -0.15) is 0 Å². The van der Waals surface area contributed by atoms with Gasteiger partial charge in [-0.15, -0.1) is 0 Å². The van der Waals surface area contributed by atoms with Crippen LogP contribution in [-0.2, 0) is 6.54 Å². The van der Waals surface area contributed by atoms with Crippen LogP contribution in [0.4, 0.5) is 5.82 Å². The van der Waals surface area contributed by atoms with Crippen molar-refractivity contribution in [3.05, 3.63) is 23.9 Å². The molecule has 4 nitrogen and oxygen atoms in total. The molecular formula is C15H27N3O. The summed E-state index contributed by atoms with van der Waals surface area (Å²) in [5, 5.41) is 13.2. The van der Waals surface area contributed by atoms with Crippen LogP contribution >= 0.6 is 0 Å². The fourth-order valence-electron chi connectivity index (χ4n) is 1.78. The summed E-state index contributed by atoms with van der Waals surface area (Å²) < 4.78 is 0. The van der Waals surface area contributed by atoms with Gasteiger partial charge in [0.05, 0.1) is 5.60 Å². The largest absolute Gasteiger partial charge is 0.389 e. The van der Waals surface area contributed by atoms with E-state index in [9.17, 15) is 5.11 Å². The van der Waals surface area contributed by atoms with Crippen molar-refractivity contribution in [2.75, 3.05) is 18.5 Å². The number of nitrogens with zero attached hydrogens (tertiary/aromatic N) is 2. The lowest BCUT2D eigenvalue weighted by atomic mass is 10.1. The van der Waals surface area contributed by atoms with Crippen molar-refractivity contribution in [3.8, 4) is 0 Å². The second-order valence-corrected chi connectivity index (χ2v) is 6.80. The van der Waals surface area contributed by atoms with Crippen LogP contribution in [0.25, 0.3) is 0 Å². The summed E-state index contributed by atoms with van der Waals surface area (Å²) in [6.07, 6.45) is 1.88. The van der Waals surface area contributed by atoms with Gasteiger partial charge in [0.1, 0.15) is 5.82 Å². The summed E-state index contributed by atoms with van der Waals surface area (Å²) in [5.74, 6) is 0.877. The van der Waals surface area contributed by atoms with Crippen LogP contribution in [0.15, 0.2) is 18.3 Å². The van der Waals surface area contributed by atoms with E-state index in [1.54, 1.807) is 13.8 Å². The molecule has 1 heterocycles. The average molecular weight is 265 g/mol. The summed E-state index contributed by atoms with van der Waals surface area (Å²) in [6.45, 7) is 11.4. The van der Waals surface area contributed by atoms with Crippen LogP contribution < -0.4 is 10.2 Å². The van der Waals surface area contributed by atoms with Crippen LogP contribution in [0.1, 0.15) is 40.2 Å². The Morgan fingerprint density at radius 1 is 1.21 bits per heavy atom. The first kappa shape index (κ1) is 15.9. The summed E-state index contributed by atoms with van der Waals surface area (Å²) in [6, 6.07) is 4.06. The molecule has 108 valence electrons. The Labute approximate surface area is 116 Å². The van der Waals surface area contributed by atoms with Gasteiger partial charge in [-0.1, -0.05) is 6.07 Å². The van der Waals surface area contributed by atoms with Crippen molar-refractivity contribution in [2.24, 2.45) is 0 Å². The second-order valence-electron chi connectivity index (χ2n) is 6.80. The highest BCUT2D eigenvalue weighted by atomic mass is 16.3. The fraction of sp³-hybridized carbons (Fsp3) is 0.667. The number of hydrogen-bond donors (Lipinski definition) is 2. The molecule has 2 N–H and O–H groups in total. The Bertz CT molecular complexity index is 387. The van der Waals surface area contributed by atoms with Crippen molar-refractivity contribution in [2.45, 2.75) is 52.3 Å². The van der Waals surface area contributed by atoms with E-state index in [1.807, 2.05) is 24.2 Å². The number of aliphatic hydroxyl groups is 1. The third-order valence-corrected chi connectivity index (χ3v) is 2.65. The van der Waals surface area contributed by atoms with Crippen molar-refractivity contribution in [3.63, 3.8) is 0 Å². The van der Waals surface area contributed by atoms with Gasteiger partial charge in [0.2, 0.25) is 0 Å². The first-order valence-corrected chi connectivity index (χ1v) is 6.70. The lowest BCUT2D eigenvalue weighted by molar-refractivity contribution is 0.0884. The maximum absolute atomic E-state index is 9.80. The van der Waals surface area contributed by atoms with Crippen LogP contribution in [-0.4, -0.2) is 34.8 Å². The number of pyridine rings is 1. The highest BCUT2D eigenvalue weighted by Crippen LogP contribution is 2.13. The average Bonchev–Trinajstić information content (AvgIpc) is 2.23. The number of likely N-dealkylation sites (N-methyl/N-ethyl adjacent to an activating group) is 1. The third-order valence-electron chi connectivity index (χ3n) is 2.65. The lowest BCUT2D eigenvalue weighted by Gasteiger charge is -2.26. The summed E-state index contributed by atoms with van der Waals surface area (Å²) in [5.41, 5.74) is 0.551. The molecule has 0 aliphatic carbocycles. The van der Waals surface area contributed by atoms with Crippen molar-refractivity contribution < 1.29 is 5.11 Å². The molecule has 0 bridgehead atoms. The van der Waals surface area contributed by atoms with E-state index in [1.165, 1.54) is 0 Å². The molecule has 0 fully saturated rings. The first-order valence-electron chi connectivity index (χ1n) is 6.70. The van der Waals surface area contributed by atoms with E-state index in [2.05, 4.69) is 37.1 Å². The normalized spacial score (nSPS) is 12.6. The zero-order chi connectivity index (χ0) is 14.7. The number of nitrogens with one attached hydrogen (secondary N) is 1. The Morgan fingerprint density at radius 3 is 2.26 bits per heavy atom. The summed E-state index contributed by atoms with van der Waals surface area (Å²) in [7, 11) is 1.94. The van der Waals surface area contributed by atoms with E-state index in [-0.39, 0.29) is 5.54 Å². The lowest BCUT2D eigenvalue weighted by Crippen LogP contribution is -2.36. The van der Waals surface area contributed by atoms with Gasteiger partial charge >= 0.3 is 0 Å². The standard InChI is InChI=1S/C15H27N3O/c1-14(2,3)17-10-12-7-8-13(16-9-12)18(6)11-15(4,5)19/h7-9,17,19H,10-11H2,1-6H3. The number of aromatic nitrogens is 1. The Hall–Kier alpha value is -1.13. The summed E-state index contributed by atoms with van der Waals surface area (Å²) >= 11 is 0. The SMILES string of the molecule is CN(CC(C)(C)O)c1ccc(CNC(C)(C)C)cn1. The van der Waals surface area contributed by atoms with Crippen molar-refractivity contribution in [1.29, 1.82) is 0 Å². The monoisotopic (exact) mass is 265 g/mol. The zero-order valence-electron chi connectivity index (χ0n) is 13.0. The molecule has 4 heteroatoms. The van der Waals surface area contributed by atoms with Crippen LogP contribution in [0.2, 0.25) is 0 Å². The van der Waals surface area contributed by atoms with Gasteiger partial charge in [-0.05, 0) is 46.2 Å². The molecule has 0 aliphatic heterocycles. The molecule has 1 aromatic rings. The fourth-order valence-corrected chi connectivity index (χ4v) is 1.78. The minimum absolute atomic E-state index is 0.108. The number of anilines is 1. The molecule has 0 aliphatic rings. The van der Waals surface area contributed by atoms with Crippen LogP contribution in [0, 0.1) is 0 Å². The van der Waals surface area contributed by atoms with E-state index in [4.69, 9.17) is 0 Å². The second kappa shape index (κ2) is 5.88. The molecule has 1 rings (SSSR count). The predicted octanol–water partition coefficient (Wildman–Crippen LogP) is 2.18. The van der Waals surface area contributed by atoms with Gasteiger partial charge in [-0.25, -0.2) is 4.98 Å². The Morgan fingerprint density at radius 2 is 1.84 bits per heavy atom. The van der Waals surface area contributed by atoms with Gasteiger partial charge < -0.3 is 15.3 Å². The number of rotatable bonds is 5. The highest BCUT2D eigenvalue weighted by Gasteiger charge is 2.16. The van der Waals surface area contributed by atoms with Gasteiger partial charge in [0.25, 0.3) is 0 Å².